The Kier molecular flexibility index (Phi) is 5.92. The van der Waals surface area contributed by atoms with Crippen molar-refractivity contribution in [3.05, 3.63) is 23.8 Å². The molecule has 1 N–H and O–H groups in total. The first kappa shape index (κ1) is 19.5. The number of carbonyl (C=O) groups is 2. The summed E-state index contributed by atoms with van der Waals surface area (Å²) in [4.78, 5) is 26.6. The van der Waals surface area contributed by atoms with E-state index in [9.17, 15) is 14.7 Å². The number of carboxylic acids is 1. The van der Waals surface area contributed by atoms with Crippen LogP contribution in [0.4, 0.5) is 0 Å². The first-order chi connectivity index (χ1) is 12.9. The van der Waals surface area contributed by atoms with Crippen LogP contribution in [0.3, 0.4) is 0 Å². The molecule has 1 aliphatic carbocycles. The van der Waals surface area contributed by atoms with Gasteiger partial charge < -0.3 is 19.5 Å². The molecule has 0 spiro atoms. The molecule has 27 heavy (non-hydrogen) atoms. The van der Waals surface area contributed by atoms with Crippen LogP contribution in [0.15, 0.2) is 18.2 Å². The molecule has 0 radical (unpaired) electrons. The molecule has 1 saturated heterocycles. The van der Waals surface area contributed by atoms with E-state index in [2.05, 4.69) is 13.8 Å². The summed E-state index contributed by atoms with van der Waals surface area (Å²) in [5.41, 5.74) is 0.446. The van der Waals surface area contributed by atoms with Gasteiger partial charge in [-0.05, 0) is 49.3 Å². The number of carbonyl (C=O) groups excluding carboxylic acids is 1. The van der Waals surface area contributed by atoms with Crippen LogP contribution in [-0.2, 0) is 4.79 Å². The molecular formula is C21H29NO5. The Labute approximate surface area is 160 Å². The van der Waals surface area contributed by atoms with E-state index in [1.54, 1.807) is 30.2 Å². The van der Waals surface area contributed by atoms with Gasteiger partial charge in [-0.3, -0.25) is 4.79 Å². The Balaban J connectivity index is 1.86. The zero-order valence-corrected chi connectivity index (χ0v) is 16.3. The van der Waals surface area contributed by atoms with Crippen LogP contribution in [0.25, 0.3) is 0 Å². The molecule has 1 aromatic rings. The van der Waals surface area contributed by atoms with Crippen molar-refractivity contribution in [3.63, 3.8) is 0 Å². The van der Waals surface area contributed by atoms with Gasteiger partial charge in [-0.2, -0.15) is 0 Å². The summed E-state index contributed by atoms with van der Waals surface area (Å²) in [5, 5.41) is 9.65. The maximum absolute atomic E-state index is 13.2. The highest BCUT2D eigenvalue weighted by Crippen LogP contribution is 2.41. The van der Waals surface area contributed by atoms with E-state index < -0.39 is 12.0 Å². The van der Waals surface area contributed by atoms with Gasteiger partial charge in [0.15, 0.2) is 11.5 Å². The Morgan fingerprint density at radius 2 is 1.96 bits per heavy atom. The Bertz CT molecular complexity index is 702. The minimum absolute atomic E-state index is 0.0233. The van der Waals surface area contributed by atoms with Crippen LogP contribution in [0.1, 0.15) is 56.3 Å². The van der Waals surface area contributed by atoms with Gasteiger partial charge in [0.25, 0.3) is 5.91 Å². The van der Waals surface area contributed by atoms with E-state index in [1.165, 1.54) is 0 Å². The summed E-state index contributed by atoms with van der Waals surface area (Å²) >= 11 is 0. The summed E-state index contributed by atoms with van der Waals surface area (Å²) in [6.45, 7) is 4.68. The maximum Gasteiger partial charge on any atom is 0.326 e. The summed E-state index contributed by atoms with van der Waals surface area (Å²) < 4.78 is 11.2. The number of methoxy groups -OCH3 is 1. The molecule has 3 unspecified atom stereocenters. The zero-order valence-electron chi connectivity index (χ0n) is 16.3. The molecule has 3 rings (SSSR count). The molecule has 2 aliphatic rings. The number of ether oxygens (including phenoxy) is 2. The molecule has 1 saturated carbocycles. The number of aliphatic carboxylic acids is 1. The Morgan fingerprint density at radius 3 is 2.63 bits per heavy atom. The number of hydrogen-bond donors (Lipinski definition) is 1. The normalized spacial score (nSPS) is 24.6. The van der Waals surface area contributed by atoms with Crippen LogP contribution in [0.5, 0.6) is 11.5 Å². The highest BCUT2D eigenvalue weighted by molar-refractivity contribution is 5.98. The fourth-order valence-electron chi connectivity index (χ4n) is 4.30. The van der Waals surface area contributed by atoms with E-state index in [0.717, 1.165) is 25.7 Å². The Morgan fingerprint density at radius 1 is 1.22 bits per heavy atom. The fourth-order valence-corrected chi connectivity index (χ4v) is 4.30. The van der Waals surface area contributed by atoms with E-state index in [1.807, 2.05) is 0 Å². The van der Waals surface area contributed by atoms with Gasteiger partial charge in [0.2, 0.25) is 0 Å². The van der Waals surface area contributed by atoms with Crippen molar-refractivity contribution in [2.45, 2.75) is 58.0 Å². The first-order valence-electron chi connectivity index (χ1n) is 9.78. The lowest BCUT2D eigenvalue weighted by molar-refractivity contribution is -0.141. The highest BCUT2D eigenvalue weighted by Gasteiger charge is 2.47. The van der Waals surface area contributed by atoms with Gasteiger partial charge in [0, 0.05) is 11.6 Å². The number of amides is 1. The van der Waals surface area contributed by atoms with Crippen molar-refractivity contribution >= 4 is 11.9 Å². The van der Waals surface area contributed by atoms with Crippen molar-refractivity contribution < 1.29 is 24.2 Å². The van der Waals surface area contributed by atoms with Crippen molar-refractivity contribution in [2.75, 3.05) is 13.7 Å². The second-order valence-electron chi connectivity index (χ2n) is 7.98. The van der Waals surface area contributed by atoms with E-state index in [-0.39, 0.29) is 11.9 Å². The molecular weight excluding hydrogens is 346 g/mol. The molecule has 6 nitrogen and oxygen atoms in total. The number of hydrogen-bond acceptors (Lipinski definition) is 4. The number of nitrogens with zero attached hydrogens (tertiary/aromatic N) is 1. The number of carboxylic acid groups (broad SMARTS) is 1. The molecule has 1 amide bonds. The monoisotopic (exact) mass is 375 g/mol. The van der Waals surface area contributed by atoms with Crippen LogP contribution < -0.4 is 9.47 Å². The predicted octanol–water partition coefficient (Wildman–Crippen LogP) is 3.59. The van der Waals surface area contributed by atoms with Gasteiger partial charge in [-0.1, -0.05) is 26.7 Å². The summed E-state index contributed by atoms with van der Waals surface area (Å²) in [7, 11) is 1.54. The topological polar surface area (TPSA) is 76.1 Å². The minimum Gasteiger partial charge on any atom is -0.493 e. The summed E-state index contributed by atoms with van der Waals surface area (Å²) in [6, 6.07) is 4.38. The van der Waals surface area contributed by atoms with Gasteiger partial charge in [0.1, 0.15) is 6.04 Å². The van der Waals surface area contributed by atoms with E-state index >= 15 is 0 Å². The molecule has 1 aliphatic heterocycles. The molecule has 0 aromatic heterocycles. The van der Waals surface area contributed by atoms with Crippen molar-refractivity contribution in [1.29, 1.82) is 0 Å². The smallest absolute Gasteiger partial charge is 0.326 e. The lowest BCUT2D eigenvalue weighted by Gasteiger charge is -2.33. The molecule has 0 bridgehead atoms. The minimum atomic E-state index is -0.915. The third-order valence-corrected chi connectivity index (χ3v) is 5.59. The molecule has 1 heterocycles. The van der Waals surface area contributed by atoms with Crippen molar-refractivity contribution in [1.82, 2.24) is 4.90 Å². The van der Waals surface area contributed by atoms with Crippen molar-refractivity contribution in [2.24, 2.45) is 11.8 Å². The largest absolute Gasteiger partial charge is 0.493 e. The second-order valence-corrected chi connectivity index (χ2v) is 7.98. The molecule has 148 valence electrons. The van der Waals surface area contributed by atoms with Gasteiger partial charge in [-0.15, -0.1) is 0 Å². The SMILES string of the molecule is COc1cc(C(=O)N2C(C(=O)O)CC3CCCCC32)ccc1OCC(C)C. The van der Waals surface area contributed by atoms with Crippen LogP contribution in [0.2, 0.25) is 0 Å². The molecule has 1 aromatic carbocycles. The van der Waals surface area contributed by atoms with Gasteiger partial charge in [0.05, 0.1) is 13.7 Å². The third-order valence-electron chi connectivity index (χ3n) is 5.59. The lowest BCUT2D eigenvalue weighted by Crippen LogP contribution is -2.46. The van der Waals surface area contributed by atoms with E-state index in [4.69, 9.17) is 9.47 Å². The predicted molar refractivity (Wildman–Crippen MR) is 101 cm³/mol. The van der Waals surface area contributed by atoms with Crippen LogP contribution in [0, 0.1) is 11.8 Å². The first-order valence-corrected chi connectivity index (χ1v) is 9.78. The van der Waals surface area contributed by atoms with Crippen LogP contribution >= 0.6 is 0 Å². The molecule has 2 fully saturated rings. The average molecular weight is 375 g/mol. The molecule has 6 heteroatoms. The quantitative estimate of drug-likeness (QED) is 0.822. The zero-order chi connectivity index (χ0) is 19.6. The maximum atomic E-state index is 13.2. The number of likely N-dealkylation sites (tertiary alicyclic amines) is 1. The second kappa shape index (κ2) is 8.19. The number of fused-ring (bicyclic) bond motifs is 1. The highest BCUT2D eigenvalue weighted by atomic mass is 16.5. The van der Waals surface area contributed by atoms with Gasteiger partial charge in [-0.25, -0.2) is 4.79 Å². The summed E-state index contributed by atoms with van der Waals surface area (Å²) in [6.07, 6.45) is 4.60. The standard InChI is InChI=1S/C21H29NO5/c1-13(2)12-27-18-9-8-15(11-19(18)26-3)20(23)22-16-7-5-4-6-14(16)10-17(22)21(24)25/h8-9,11,13-14,16-17H,4-7,10,12H2,1-3H3,(H,24,25). The number of rotatable bonds is 6. The van der Waals surface area contributed by atoms with Crippen LogP contribution in [-0.4, -0.2) is 47.7 Å². The third kappa shape index (κ3) is 4.04. The summed E-state index contributed by atoms with van der Waals surface area (Å²) in [5.74, 6) is 0.605. The molecule has 3 atom stereocenters. The van der Waals surface area contributed by atoms with E-state index in [0.29, 0.717) is 41.9 Å². The Hall–Kier alpha value is -2.24. The lowest BCUT2D eigenvalue weighted by atomic mass is 9.84. The fraction of sp³-hybridized carbons (Fsp3) is 0.619. The number of benzene rings is 1. The van der Waals surface area contributed by atoms with Gasteiger partial charge >= 0.3 is 5.97 Å². The van der Waals surface area contributed by atoms with Crippen molar-refractivity contribution in [3.8, 4) is 11.5 Å². The average Bonchev–Trinajstić information content (AvgIpc) is 3.05.